The highest BCUT2D eigenvalue weighted by molar-refractivity contribution is 7.98. The molecule has 1 rings (SSSR count). The summed E-state index contributed by atoms with van der Waals surface area (Å²) in [4.78, 5) is 18.9. The van der Waals surface area contributed by atoms with Crippen molar-refractivity contribution in [3.8, 4) is 0 Å². The Hall–Kier alpha value is -1.56. The molecule has 1 heterocycles. The second-order valence-corrected chi connectivity index (χ2v) is 3.80. The van der Waals surface area contributed by atoms with E-state index in [1.165, 1.54) is 24.0 Å². The number of hydrogen-bond donors (Lipinski definition) is 2. The smallest absolute Gasteiger partial charge is 0.331 e. The number of carbonyl (C=O) groups is 1. The fourth-order valence-corrected chi connectivity index (χ4v) is 1.45. The van der Waals surface area contributed by atoms with E-state index in [-0.39, 0.29) is 5.57 Å². The number of nitrogens with two attached hydrogens (primary N) is 1. The second kappa shape index (κ2) is 5.50. The fraction of sp³-hybridized carbons (Fsp3) is 0.300. The van der Waals surface area contributed by atoms with Crippen LogP contribution in [0.1, 0.15) is 18.9 Å². The molecule has 3 N–H and O–H groups in total. The van der Waals surface area contributed by atoms with Crippen molar-refractivity contribution in [1.82, 2.24) is 9.97 Å². The highest BCUT2D eigenvalue weighted by Gasteiger charge is 2.07. The average molecular weight is 239 g/mol. The first-order valence-electron chi connectivity index (χ1n) is 4.68. The van der Waals surface area contributed by atoms with Gasteiger partial charge in [-0.1, -0.05) is 18.7 Å². The quantitative estimate of drug-likeness (QED) is 0.472. The fourth-order valence-electron chi connectivity index (χ4n) is 1.10. The zero-order valence-electron chi connectivity index (χ0n) is 9.10. The number of nitrogen functional groups attached to an aromatic ring is 1. The van der Waals surface area contributed by atoms with E-state index in [1.54, 1.807) is 6.92 Å². The van der Waals surface area contributed by atoms with Gasteiger partial charge in [-0.25, -0.2) is 14.8 Å². The maximum Gasteiger partial charge on any atom is 0.331 e. The summed E-state index contributed by atoms with van der Waals surface area (Å²) in [5.74, 6) is -0.651. The summed E-state index contributed by atoms with van der Waals surface area (Å²) in [6.07, 6.45) is 5.31. The van der Waals surface area contributed by atoms with Crippen LogP contribution in [0, 0.1) is 0 Å². The molecule has 0 fully saturated rings. The minimum Gasteiger partial charge on any atom is -0.478 e. The van der Waals surface area contributed by atoms with Gasteiger partial charge in [-0.2, -0.15) is 0 Å². The van der Waals surface area contributed by atoms with Crippen molar-refractivity contribution in [2.45, 2.75) is 18.5 Å². The van der Waals surface area contributed by atoms with Crippen LogP contribution in [0.5, 0.6) is 0 Å². The molecule has 0 amide bonds. The van der Waals surface area contributed by atoms with Gasteiger partial charge in [-0.05, 0) is 18.8 Å². The Bertz CT molecular complexity index is 432. The Balaban J connectivity index is 3.10. The lowest BCUT2D eigenvalue weighted by Gasteiger charge is -2.02. The van der Waals surface area contributed by atoms with Gasteiger partial charge < -0.3 is 10.8 Å². The topological polar surface area (TPSA) is 89.1 Å². The van der Waals surface area contributed by atoms with Gasteiger partial charge >= 0.3 is 5.97 Å². The Labute approximate surface area is 97.8 Å². The van der Waals surface area contributed by atoms with E-state index < -0.39 is 5.97 Å². The van der Waals surface area contributed by atoms with Crippen LogP contribution in [0.15, 0.2) is 16.9 Å². The lowest BCUT2D eigenvalue weighted by molar-refractivity contribution is -0.132. The molecule has 0 aliphatic rings. The van der Waals surface area contributed by atoms with Gasteiger partial charge in [0, 0.05) is 17.3 Å². The van der Waals surface area contributed by atoms with Crippen LogP contribution >= 0.6 is 11.8 Å². The Morgan fingerprint density at radius 1 is 1.69 bits per heavy atom. The summed E-state index contributed by atoms with van der Waals surface area (Å²) in [5.41, 5.74) is 6.52. The van der Waals surface area contributed by atoms with Gasteiger partial charge in [0.15, 0.2) is 5.16 Å². The summed E-state index contributed by atoms with van der Waals surface area (Å²) >= 11 is 1.38. The molecule has 1 aromatic rings. The average Bonchev–Trinajstić information content (AvgIpc) is 2.26. The lowest BCUT2D eigenvalue weighted by atomic mass is 10.1. The predicted molar refractivity (Wildman–Crippen MR) is 64.1 cm³/mol. The SMILES string of the molecule is CC/C(=C\c1cnc(SC)nc1N)C(=O)O. The van der Waals surface area contributed by atoms with Crippen molar-refractivity contribution in [2.75, 3.05) is 12.0 Å². The van der Waals surface area contributed by atoms with Gasteiger partial charge in [0.05, 0.1) is 0 Å². The van der Waals surface area contributed by atoms with Crippen LogP contribution < -0.4 is 5.73 Å². The number of nitrogens with zero attached hydrogens (tertiary/aromatic N) is 2. The Kier molecular flexibility index (Phi) is 4.30. The third-order valence-corrected chi connectivity index (χ3v) is 2.56. The van der Waals surface area contributed by atoms with Crippen LogP contribution in [-0.4, -0.2) is 27.3 Å². The Morgan fingerprint density at radius 3 is 2.81 bits per heavy atom. The molecule has 0 radical (unpaired) electrons. The van der Waals surface area contributed by atoms with E-state index >= 15 is 0 Å². The first-order chi connectivity index (χ1) is 7.58. The summed E-state index contributed by atoms with van der Waals surface area (Å²) < 4.78 is 0. The molecule has 16 heavy (non-hydrogen) atoms. The van der Waals surface area contributed by atoms with Crippen molar-refractivity contribution in [3.63, 3.8) is 0 Å². The first kappa shape index (κ1) is 12.5. The third-order valence-electron chi connectivity index (χ3n) is 1.99. The van der Waals surface area contributed by atoms with E-state index in [2.05, 4.69) is 9.97 Å². The van der Waals surface area contributed by atoms with Gasteiger partial charge in [-0.3, -0.25) is 0 Å². The first-order valence-corrected chi connectivity index (χ1v) is 5.91. The number of rotatable bonds is 4. The van der Waals surface area contributed by atoms with Crippen LogP contribution in [0.2, 0.25) is 0 Å². The van der Waals surface area contributed by atoms with Gasteiger partial charge in [-0.15, -0.1) is 0 Å². The number of aromatic nitrogens is 2. The van der Waals surface area contributed by atoms with Crippen LogP contribution in [0.25, 0.3) is 6.08 Å². The zero-order valence-corrected chi connectivity index (χ0v) is 9.91. The van der Waals surface area contributed by atoms with Gasteiger partial charge in [0.1, 0.15) is 5.82 Å². The van der Waals surface area contributed by atoms with Crippen molar-refractivity contribution in [1.29, 1.82) is 0 Å². The molecular formula is C10H13N3O2S. The molecular weight excluding hydrogens is 226 g/mol. The molecule has 86 valence electrons. The molecule has 0 saturated carbocycles. The molecule has 0 atom stereocenters. The van der Waals surface area contributed by atoms with Gasteiger partial charge in [0.25, 0.3) is 0 Å². The second-order valence-electron chi connectivity index (χ2n) is 3.03. The van der Waals surface area contributed by atoms with Gasteiger partial charge in [0.2, 0.25) is 0 Å². The Morgan fingerprint density at radius 2 is 2.38 bits per heavy atom. The largest absolute Gasteiger partial charge is 0.478 e. The number of carboxylic acid groups (broad SMARTS) is 1. The summed E-state index contributed by atoms with van der Waals surface area (Å²) in [6.45, 7) is 1.77. The third kappa shape index (κ3) is 2.96. The minimum absolute atomic E-state index is 0.284. The standard InChI is InChI=1S/C10H13N3O2S/c1-3-6(9(14)15)4-7-5-12-10(16-2)13-8(7)11/h4-5H,3H2,1-2H3,(H,14,15)(H2,11,12,13)/b6-4+. The van der Waals surface area contributed by atoms with E-state index in [9.17, 15) is 4.79 Å². The van der Waals surface area contributed by atoms with Crippen molar-refractivity contribution in [2.24, 2.45) is 0 Å². The molecule has 0 saturated heterocycles. The molecule has 0 aliphatic carbocycles. The maximum absolute atomic E-state index is 10.8. The van der Waals surface area contributed by atoms with Crippen LogP contribution in [0.3, 0.4) is 0 Å². The number of hydrogen-bond acceptors (Lipinski definition) is 5. The molecule has 0 unspecified atom stereocenters. The van der Waals surface area contributed by atoms with Crippen molar-refractivity contribution >= 4 is 29.6 Å². The molecule has 1 aromatic heterocycles. The molecule has 0 aliphatic heterocycles. The molecule has 6 heteroatoms. The summed E-state index contributed by atoms with van der Waals surface area (Å²) in [6, 6.07) is 0. The monoisotopic (exact) mass is 239 g/mol. The van der Waals surface area contributed by atoms with Crippen molar-refractivity contribution in [3.05, 3.63) is 17.3 Å². The van der Waals surface area contributed by atoms with E-state index in [4.69, 9.17) is 10.8 Å². The van der Waals surface area contributed by atoms with Crippen LogP contribution in [0.4, 0.5) is 5.82 Å². The van der Waals surface area contributed by atoms with E-state index in [0.29, 0.717) is 23.0 Å². The van der Waals surface area contributed by atoms with Crippen molar-refractivity contribution < 1.29 is 9.90 Å². The van der Waals surface area contributed by atoms with E-state index in [1.807, 2.05) is 6.26 Å². The van der Waals surface area contributed by atoms with E-state index in [0.717, 1.165) is 0 Å². The lowest BCUT2D eigenvalue weighted by Crippen LogP contribution is -2.02. The highest BCUT2D eigenvalue weighted by atomic mass is 32.2. The maximum atomic E-state index is 10.8. The number of anilines is 1. The number of thioether (sulfide) groups is 1. The molecule has 0 bridgehead atoms. The minimum atomic E-state index is -0.948. The molecule has 0 aromatic carbocycles. The van der Waals surface area contributed by atoms with Crippen LogP contribution in [-0.2, 0) is 4.79 Å². The zero-order chi connectivity index (χ0) is 12.1. The number of aliphatic carboxylic acids is 1. The summed E-state index contributed by atoms with van der Waals surface area (Å²) in [7, 11) is 0. The molecule has 5 nitrogen and oxygen atoms in total. The highest BCUT2D eigenvalue weighted by Crippen LogP contribution is 2.17. The predicted octanol–water partition coefficient (Wildman–Crippen LogP) is 1.66. The molecule has 0 spiro atoms. The summed E-state index contributed by atoms with van der Waals surface area (Å²) in [5, 5.41) is 9.44. The normalized spacial score (nSPS) is 11.5. The number of carboxylic acids is 1.